The maximum Gasteiger partial charge on any atom is 0.212 e. The first-order chi connectivity index (χ1) is 8.45. The van der Waals surface area contributed by atoms with Gasteiger partial charge in [-0.15, -0.1) is 0 Å². The summed E-state index contributed by atoms with van der Waals surface area (Å²) in [6.07, 6.45) is 1.98. The molecule has 0 spiro atoms. The fourth-order valence-corrected chi connectivity index (χ4v) is 3.87. The average molecular weight is 269 g/mol. The molecule has 1 saturated carbocycles. The first kappa shape index (κ1) is 13.5. The monoisotopic (exact) mass is 269 g/mol. The second-order valence-corrected chi connectivity index (χ2v) is 6.95. The van der Waals surface area contributed by atoms with Crippen molar-refractivity contribution in [3.05, 3.63) is 35.9 Å². The lowest BCUT2D eigenvalue weighted by atomic mass is 9.94. The van der Waals surface area contributed by atoms with Crippen molar-refractivity contribution in [2.45, 2.75) is 25.3 Å². The van der Waals surface area contributed by atoms with Crippen molar-refractivity contribution in [1.29, 1.82) is 0 Å². The van der Waals surface area contributed by atoms with E-state index in [9.17, 15) is 13.5 Å². The molecule has 2 N–H and O–H groups in total. The zero-order chi connectivity index (χ0) is 13.2. The van der Waals surface area contributed by atoms with E-state index >= 15 is 0 Å². The van der Waals surface area contributed by atoms with Crippen molar-refractivity contribution < 1.29 is 13.5 Å². The highest BCUT2D eigenvalue weighted by atomic mass is 32.2. The van der Waals surface area contributed by atoms with Gasteiger partial charge in [-0.25, -0.2) is 13.1 Å². The molecule has 0 aliphatic heterocycles. The molecular weight excluding hydrogens is 250 g/mol. The van der Waals surface area contributed by atoms with Crippen molar-refractivity contribution in [2.24, 2.45) is 5.92 Å². The molecule has 0 aromatic heterocycles. The summed E-state index contributed by atoms with van der Waals surface area (Å²) in [5.41, 5.74) is -0.179. The van der Waals surface area contributed by atoms with Gasteiger partial charge >= 0.3 is 0 Å². The van der Waals surface area contributed by atoms with E-state index in [1.807, 2.05) is 30.3 Å². The highest BCUT2D eigenvalue weighted by Gasteiger charge is 2.34. The van der Waals surface area contributed by atoms with E-state index in [2.05, 4.69) is 4.72 Å². The summed E-state index contributed by atoms with van der Waals surface area (Å²) in [4.78, 5) is 0. The number of sulfonamides is 1. The fraction of sp³-hybridized carbons (Fsp3) is 0.538. The predicted molar refractivity (Wildman–Crippen MR) is 70.5 cm³/mol. The van der Waals surface area contributed by atoms with Crippen LogP contribution in [0.25, 0.3) is 0 Å². The number of aliphatic hydroxyl groups excluding tert-OH is 1. The molecule has 2 rings (SSSR count). The molecule has 1 unspecified atom stereocenters. The minimum atomic E-state index is -3.35. The number of hydrogen-bond donors (Lipinski definition) is 2. The van der Waals surface area contributed by atoms with Gasteiger partial charge in [0.2, 0.25) is 10.0 Å². The highest BCUT2D eigenvalue weighted by molar-refractivity contribution is 7.89. The fourth-order valence-electron chi connectivity index (χ4n) is 1.97. The molecule has 1 aliphatic carbocycles. The smallest absolute Gasteiger partial charge is 0.212 e. The molecule has 100 valence electrons. The van der Waals surface area contributed by atoms with Crippen molar-refractivity contribution in [3.63, 3.8) is 0 Å². The normalized spacial score (nSPS) is 19.4. The standard InChI is InChI=1S/C13H19NO3S/c1-13(10-15,12-5-3-2-4-6-12)14-18(16,17)9-11-7-8-11/h2-6,11,14-15H,7-10H2,1H3. The molecule has 0 radical (unpaired) electrons. The van der Waals surface area contributed by atoms with Gasteiger partial charge in [0.15, 0.2) is 0 Å². The van der Waals surface area contributed by atoms with Gasteiger partial charge in [-0.3, -0.25) is 0 Å². The van der Waals surface area contributed by atoms with E-state index in [4.69, 9.17) is 0 Å². The second kappa shape index (κ2) is 4.99. The van der Waals surface area contributed by atoms with Crippen LogP contribution < -0.4 is 4.72 Å². The molecule has 0 saturated heterocycles. The van der Waals surface area contributed by atoms with Crippen molar-refractivity contribution in [2.75, 3.05) is 12.4 Å². The minimum absolute atomic E-state index is 0.162. The van der Waals surface area contributed by atoms with E-state index in [1.165, 1.54) is 0 Å². The Morgan fingerprint density at radius 2 is 1.94 bits per heavy atom. The maximum absolute atomic E-state index is 12.0. The molecule has 0 heterocycles. The van der Waals surface area contributed by atoms with E-state index in [0.717, 1.165) is 18.4 Å². The second-order valence-electron chi connectivity index (χ2n) is 5.18. The third-order valence-electron chi connectivity index (χ3n) is 3.26. The van der Waals surface area contributed by atoms with Gasteiger partial charge in [-0.05, 0) is 31.2 Å². The van der Waals surface area contributed by atoms with Crippen LogP contribution in [0.5, 0.6) is 0 Å². The van der Waals surface area contributed by atoms with E-state index < -0.39 is 15.6 Å². The number of aliphatic hydroxyl groups is 1. The third-order valence-corrected chi connectivity index (χ3v) is 4.93. The van der Waals surface area contributed by atoms with Crippen LogP contribution in [0.15, 0.2) is 30.3 Å². The van der Waals surface area contributed by atoms with Gasteiger partial charge in [0, 0.05) is 0 Å². The number of nitrogens with one attached hydrogen (secondary N) is 1. The zero-order valence-electron chi connectivity index (χ0n) is 10.5. The summed E-state index contributed by atoms with van der Waals surface area (Å²) in [6.45, 7) is 1.44. The molecule has 1 atom stereocenters. The van der Waals surface area contributed by atoms with Crippen molar-refractivity contribution in [1.82, 2.24) is 4.72 Å². The van der Waals surface area contributed by atoms with Crippen LogP contribution in [-0.4, -0.2) is 25.9 Å². The Kier molecular flexibility index (Phi) is 3.75. The molecule has 1 fully saturated rings. The Balaban J connectivity index is 2.17. The summed E-state index contributed by atoms with van der Waals surface area (Å²) >= 11 is 0. The SMILES string of the molecule is CC(CO)(NS(=O)(=O)CC1CC1)c1ccccc1. The molecule has 1 aromatic rings. The Morgan fingerprint density at radius 3 is 2.44 bits per heavy atom. The molecular formula is C13H19NO3S. The number of rotatable bonds is 6. The van der Waals surface area contributed by atoms with Gasteiger partial charge in [-0.1, -0.05) is 30.3 Å². The lowest BCUT2D eigenvalue weighted by Crippen LogP contribution is -2.47. The Bertz CT molecular complexity index is 496. The Labute approximate surface area is 108 Å². The van der Waals surface area contributed by atoms with E-state index in [-0.39, 0.29) is 12.4 Å². The minimum Gasteiger partial charge on any atom is -0.394 e. The van der Waals surface area contributed by atoms with Gasteiger partial charge in [0.1, 0.15) is 0 Å². The summed E-state index contributed by atoms with van der Waals surface area (Å²) < 4.78 is 26.6. The first-order valence-electron chi connectivity index (χ1n) is 6.13. The van der Waals surface area contributed by atoms with Crippen LogP contribution in [-0.2, 0) is 15.6 Å². The molecule has 0 amide bonds. The lowest BCUT2D eigenvalue weighted by molar-refractivity contribution is 0.196. The summed E-state index contributed by atoms with van der Waals surface area (Å²) in [5, 5.41) is 9.52. The topological polar surface area (TPSA) is 66.4 Å². The van der Waals surface area contributed by atoms with Crippen LogP contribution in [0.1, 0.15) is 25.3 Å². The van der Waals surface area contributed by atoms with Crippen LogP contribution in [0.3, 0.4) is 0 Å². The Morgan fingerprint density at radius 1 is 1.33 bits per heavy atom. The number of hydrogen-bond acceptors (Lipinski definition) is 3. The van der Waals surface area contributed by atoms with Crippen LogP contribution >= 0.6 is 0 Å². The number of benzene rings is 1. The van der Waals surface area contributed by atoms with E-state index in [0.29, 0.717) is 5.92 Å². The third kappa shape index (κ3) is 3.31. The zero-order valence-corrected chi connectivity index (χ0v) is 11.3. The molecule has 18 heavy (non-hydrogen) atoms. The Hall–Kier alpha value is -0.910. The van der Waals surface area contributed by atoms with Crippen LogP contribution in [0, 0.1) is 5.92 Å². The lowest BCUT2D eigenvalue weighted by Gasteiger charge is -2.29. The molecule has 4 nitrogen and oxygen atoms in total. The summed E-state index contributed by atoms with van der Waals surface area (Å²) in [7, 11) is -3.35. The first-order valence-corrected chi connectivity index (χ1v) is 7.78. The van der Waals surface area contributed by atoms with Crippen LogP contribution in [0.4, 0.5) is 0 Å². The highest BCUT2D eigenvalue weighted by Crippen LogP contribution is 2.31. The quantitative estimate of drug-likeness (QED) is 0.816. The molecule has 0 bridgehead atoms. The molecule has 5 heteroatoms. The predicted octanol–water partition coefficient (Wildman–Crippen LogP) is 1.22. The average Bonchev–Trinajstić information content (AvgIpc) is 3.12. The van der Waals surface area contributed by atoms with Gasteiger partial charge < -0.3 is 5.11 Å². The van der Waals surface area contributed by atoms with Crippen LogP contribution in [0.2, 0.25) is 0 Å². The van der Waals surface area contributed by atoms with E-state index in [1.54, 1.807) is 6.92 Å². The summed E-state index contributed by atoms with van der Waals surface area (Å²) in [6, 6.07) is 9.16. The maximum atomic E-state index is 12.0. The van der Waals surface area contributed by atoms with Gasteiger partial charge in [0.05, 0.1) is 17.9 Å². The molecule has 1 aliphatic rings. The van der Waals surface area contributed by atoms with Crippen molar-refractivity contribution in [3.8, 4) is 0 Å². The van der Waals surface area contributed by atoms with Gasteiger partial charge in [0.25, 0.3) is 0 Å². The summed E-state index contributed by atoms with van der Waals surface area (Å²) in [5.74, 6) is 0.455. The van der Waals surface area contributed by atoms with Gasteiger partial charge in [-0.2, -0.15) is 0 Å². The van der Waals surface area contributed by atoms with Crippen molar-refractivity contribution >= 4 is 10.0 Å². The largest absolute Gasteiger partial charge is 0.394 e. The molecule has 1 aromatic carbocycles.